The van der Waals surface area contributed by atoms with Gasteiger partial charge in [0.25, 0.3) is 0 Å². The molecule has 1 rings (SSSR count). The van der Waals surface area contributed by atoms with Crippen LogP contribution >= 0.6 is 11.6 Å². The highest BCUT2D eigenvalue weighted by Crippen LogP contribution is 2.41. The van der Waals surface area contributed by atoms with E-state index in [2.05, 4.69) is 29.9 Å². The zero-order valence-electron chi connectivity index (χ0n) is 17.8. The minimum atomic E-state index is -0.812. The number of aliphatic hydroxyl groups is 2. The minimum Gasteiger partial charge on any atom is -0.469 e. The molecule has 0 aromatic rings. The molecule has 0 aromatic carbocycles. The second-order valence-corrected chi connectivity index (χ2v) is 8.62. The van der Waals surface area contributed by atoms with Crippen molar-refractivity contribution in [3.63, 3.8) is 0 Å². The largest absolute Gasteiger partial charge is 0.469 e. The van der Waals surface area contributed by atoms with Crippen LogP contribution in [0.2, 0.25) is 0 Å². The van der Waals surface area contributed by atoms with Crippen LogP contribution in [0, 0.1) is 17.8 Å². The van der Waals surface area contributed by atoms with Gasteiger partial charge in [0.05, 0.1) is 18.8 Å². The summed E-state index contributed by atoms with van der Waals surface area (Å²) in [5.41, 5.74) is -0.812. The zero-order chi connectivity index (χ0) is 21.0. The Labute approximate surface area is 176 Å². The molecule has 5 heteroatoms. The fraction of sp³-hybridized carbons (Fsp3) is 0.783. The number of unbranched alkanes of at least 4 members (excludes halogenated alkanes) is 3. The number of alkyl halides is 1. The number of hydrogen-bond acceptors (Lipinski definition) is 4. The third kappa shape index (κ3) is 9.11. The van der Waals surface area contributed by atoms with E-state index in [1.165, 1.54) is 7.11 Å². The Bertz CT molecular complexity index is 501. The van der Waals surface area contributed by atoms with Crippen molar-refractivity contribution in [3.8, 4) is 0 Å². The van der Waals surface area contributed by atoms with Crippen molar-refractivity contribution in [3.05, 3.63) is 24.3 Å². The van der Waals surface area contributed by atoms with E-state index in [1.54, 1.807) is 0 Å². The van der Waals surface area contributed by atoms with E-state index < -0.39 is 5.60 Å². The van der Waals surface area contributed by atoms with Crippen molar-refractivity contribution in [2.45, 2.75) is 83.3 Å². The number of carbonyl (C=O) groups is 1. The van der Waals surface area contributed by atoms with Crippen molar-refractivity contribution < 1.29 is 19.7 Å². The number of ether oxygens (including phenoxy) is 1. The highest BCUT2D eigenvalue weighted by molar-refractivity contribution is 6.18. The van der Waals surface area contributed by atoms with Crippen LogP contribution in [0.15, 0.2) is 24.3 Å². The monoisotopic (exact) mass is 414 g/mol. The maximum Gasteiger partial charge on any atom is 0.305 e. The molecule has 0 heterocycles. The van der Waals surface area contributed by atoms with Crippen molar-refractivity contribution in [1.29, 1.82) is 0 Å². The molecule has 162 valence electrons. The molecule has 4 nitrogen and oxygen atoms in total. The van der Waals surface area contributed by atoms with Crippen LogP contribution in [-0.4, -0.2) is 40.9 Å². The smallest absolute Gasteiger partial charge is 0.305 e. The number of hydrogen-bond donors (Lipinski definition) is 2. The fourth-order valence-corrected chi connectivity index (χ4v) is 4.33. The predicted molar refractivity (Wildman–Crippen MR) is 115 cm³/mol. The standard InChI is InChI=1S/C23H39ClO4/c1-4-5-10-14-23(2,27)15-13-19-18(17-24)16-21(25)20(19)11-8-6-7-9-12-22(26)28-3/h6,8,13,15,18-21,25,27H,4-5,7,9-12,14,16-17H2,1-3H3/b8-6-,15-13+/t18-,19-,20+,21+,23?/m0/s1. The Hall–Kier alpha value is -0.840. The lowest BCUT2D eigenvalue weighted by molar-refractivity contribution is -0.140. The number of esters is 1. The van der Waals surface area contributed by atoms with Crippen molar-refractivity contribution in [2.75, 3.05) is 13.0 Å². The number of methoxy groups -OCH3 is 1. The summed E-state index contributed by atoms with van der Waals surface area (Å²) in [5, 5.41) is 21.1. The summed E-state index contributed by atoms with van der Waals surface area (Å²) in [6.07, 6.45) is 15.3. The van der Waals surface area contributed by atoms with E-state index in [9.17, 15) is 15.0 Å². The van der Waals surface area contributed by atoms with Crippen LogP contribution < -0.4 is 0 Å². The van der Waals surface area contributed by atoms with Crippen LogP contribution in [0.1, 0.15) is 71.6 Å². The molecule has 1 saturated carbocycles. The van der Waals surface area contributed by atoms with E-state index in [1.807, 2.05) is 13.0 Å². The summed E-state index contributed by atoms with van der Waals surface area (Å²) in [5.74, 6) is 0.856. The quantitative estimate of drug-likeness (QED) is 0.192. The summed E-state index contributed by atoms with van der Waals surface area (Å²) in [4.78, 5) is 11.1. The molecule has 0 bridgehead atoms. The summed E-state index contributed by atoms with van der Waals surface area (Å²) >= 11 is 6.16. The van der Waals surface area contributed by atoms with E-state index in [4.69, 9.17) is 11.6 Å². The lowest BCUT2D eigenvalue weighted by Gasteiger charge is -2.24. The molecule has 2 N–H and O–H groups in total. The second-order valence-electron chi connectivity index (χ2n) is 8.31. The second kappa shape index (κ2) is 13.4. The summed E-state index contributed by atoms with van der Waals surface area (Å²) in [6, 6.07) is 0. The molecular weight excluding hydrogens is 376 g/mol. The highest BCUT2D eigenvalue weighted by Gasteiger charge is 2.40. The topological polar surface area (TPSA) is 66.8 Å². The molecule has 0 saturated heterocycles. The number of rotatable bonds is 13. The van der Waals surface area contributed by atoms with E-state index in [-0.39, 0.29) is 29.8 Å². The summed E-state index contributed by atoms with van der Waals surface area (Å²) in [6.45, 7) is 4.01. The van der Waals surface area contributed by atoms with Gasteiger partial charge in [0.1, 0.15) is 0 Å². The zero-order valence-corrected chi connectivity index (χ0v) is 18.5. The average Bonchev–Trinajstić information content (AvgIpc) is 2.97. The van der Waals surface area contributed by atoms with E-state index in [0.29, 0.717) is 18.7 Å². The van der Waals surface area contributed by atoms with Gasteiger partial charge in [-0.3, -0.25) is 4.79 Å². The number of carbonyl (C=O) groups excluding carboxylic acids is 1. The Balaban J connectivity index is 2.62. The molecule has 1 aliphatic rings. The van der Waals surface area contributed by atoms with Gasteiger partial charge in [-0.2, -0.15) is 0 Å². The molecule has 0 spiro atoms. The molecule has 1 fully saturated rings. The number of allylic oxidation sites excluding steroid dienone is 3. The first kappa shape index (κ1) is 25.2. The highest BCUT2D eigenvalue weighted by atomic mass is 35.5. The Morgan fingerprint density at radius 3 is 2.68 bits per heavy atom. The summed E-state index contributed by atoms with van der Waals surface area (Å²) in [7, 11) is 1.40. The molecule has 0 aliphatic heterocycles. The van der Waals surface area contributed by atoms with Crippen LogP contribution in [0.4, 0.5) is 0 Å². The Morgan fingerprint density at radius 2 is 2.04 bits per heavy atom. The third-order valence-corrected chi connectivity index (χ3v) is 6.19. The Kier molecular flexibility index (Phi) is 12.1. The van der Waals surface area contributed by atoms with Gasteiger partial charge in [-0.15, -0.1) is 11.6 Å². The maximum atomic E-state index is 11.1. The van der Waals surface area contributed by atoms with Crippen LogP contribution in [-0.2, 0) is 9.53 Å². The first-order chi connectivity index (χ1) is 13.3. The molecule has 0 aromatic heterocycles. The van der Waals surface area contributed by atoms with Gasteiger partial charge in [0.15, 0.2) is 0 Å². The van der Waals surface area contributed by atoms with Gasteiger partial charge in [-0.1, -0.05) is 50.5 Å². The van der Waals surface area contributed by atoms with Crippen molar-refractivity contribution >= 4 is 17.6 Å². The molecule has 28 heavy (non-hydrogen) atoms. The van der Waals surface area contributed by atoms with Gasteiger partial charge in [-0.05, 0) is 56.8 Å². The summed E-state index contributed by atoms with van der Waals surface area (Å²) < 4.78 is 4.64. The van der Waals surface area contributed by atoms with Gasteiger partial charge < -0.3 is 14.9 Å². The van der Waals surface area contributed by atoms with Crippen molar-refractivity contribution in [1.82, 2.24) is 0 Å². The molecular formula is C23H39ClO4. The predicted octanol–water partition coefficient (Wildman–Crippen LogP) is 5.02. The van der Waals surface area contributed by atoms with Gasteiger partial charge in [-0.25, -0.2) is 0 Å². The van der Waals surface area contributed by atoms with Crippen LogP contribution in [0.25, 0.3) is 0 Å². The fourth-order valence-electron chi connectivity index (χ4n) is 4.00. The van der Waals surface area contributed by atoms with Gasteiger partial charge in [0.2, 0.25) is 0 Å². The van der Waals surface area contributed by atoms with Crippen LogP contribution in [0.5, 0.6) is 0 Å². The molecule has 0 radical (unpaired) electrons. The van der Waals surface area contributed by atoms with E-state index >= 15 is 0 Å². The Morgan fingerprint density at radius 1 is 1.29 bits per heavy atom. The lowest BCUT2D eigenvalue weighted by Crippen LogP contribution is -2.23. The maximum absolute atomic E-state index is 11.1. The number of halogens is 1. The molecule has 0 amide bonds. The first-order valence-electron chi connectivity index (χ1n) is 10.7. The molecule has 1 aliphatic carbocycles. The third-order valence-electron chi connectivity index (χ3n) is 5.79. The molecule has 1 unspecified atom stereocenters. The lowest BCUT2D eigenvalue weighted by atomic mass is 9.85. The molecule has 5 atom stereocenters. The van der Waals surface area contributed by atoms with Crippen LogP contribution in [0.3, 0.4) is 0 Å². The van der Waals surface area contributed by atoms with Crippen molar-refractivity contribution in [2.24, 2.45) is 17.8 Å². The minimum absolute atomic E-state index is 0.114. The SMILES string of the molecule is CCCCCC(C)(O)/C=C/[C@H]1[C@H](CCl)C[C@@H](O)[C@@H]1C/C=C\CCCC(=O)OC. The van der Waals surface area contributed by atoms with Gasteiger partial charge >= 0.3 is 5.97 Å². The van der Waals surface area contributed by atoms with Gasteiger partial charge in [0, 0.05) is 12.3 Å². The normalized spacial score (nSPS) is 27.5. The van der Waals surface area contributed by atoms with E-state index in [0.717, 1.165) is 44.9 Å². The average molecular weight is 415 g/mol. The first-order valence-corrected chi connectivity index (χ1v) is 11.3. The number of aliphatic hydroxyl groups excluding tert-OH is 1.